The van der Waals surface area contributed by atoms with Gasteiger partial charge in [-0.1, -0.05) is 0 Å². The van der Waals surface area contributed by atoms with Gasteiger partial charge in [0.1, 0.15) is 6.04 Å². The zero-order valence-electron chi connectivity index (χ0n) is 11.7. The van der Waals surface area contributed by atoms with Gasteiger partial charge in [0.05, 0.1) is 12.7 Å². The Hall–Kier alpha value is -2.37. The van der Waals surface area contributed by atoms with Crippen LogP contribution < -0.4 is 10.6 Å². The van der Waals surface area contributed by atoms with Crippen LogP contribution in [0.5, 0.6) is 0 Å². The van der Waals surface area contributed by atoms with E-state index in [1.165, 1.54) is 31.4 Å². The lowest BCUT2D eigenvalue weighted by atomic mass is 10.1. The molecule has 0 fully saturated rings. The summed E-state index contributed by atoms with van der Waals surface area (Å²) in [6, 6.07) is 5.38. The van der Waals surface area contributed by atoms with Crippen LogP contribution in [-0.4, -0.2) is 37.5 Å². The maximum atomic E-state index is 11.9. The van der Waals surface area contributed by atoms with Crippen LogP contribution in [0.2, 0.25) is 0 Å². The summed E-state index contributed by atoms with van der Waals surface area (Å²) < 4.78 is 4.57. The largest absolute Gasteiger partial charge is 0.465 e. The van der Waals surface area contributed by atoms with E-state index in [0.29, 0.717) is 17.7 Å². The van der Waals surface area contributed by atoms with Crippen LogP contribution in [0.25, 0.3) is 0 Å². The average molecular weight is 278 g/mol. The van der Waals surface area contributed by atoms with E-state index in [-0.39, 0.29) is 11.8 Å². The molecule has 2 amide bonds. The first-order valence-electron chi connectivity index (χ1n) is 6.26. The third kappa shape index (κ3) is 4.08. The predicted octanol–water partition coefficient (Wildman–Crippen LogP) is 0.728. The normalized spacial score (nSPS) is 11.3. The minimum atomic E-state index is -0.622. The van der Waals surface area contributed by atoms with E-state index in [0.717, 1.165) is 0 Å². The maximum Gasteiger partial charge on any atom is 0.337 e. The number of esters is 1. The van der Waals surface area contributed by atoms with Crippen molar-refractivity contribution in [3.8, 4) is 0 Å². The fourth-order valence-electron chi connectivity index (χ4n) is 1.55. The first kappa shape index (κ1) is 15.7. The van der Waals surface area contributed by atoms with Crippen molar-refractivity contribution in [1.29, 1.82) is 0 Å². The summed E-state index contributed by atoms with van der Waals surface area (Å²) in [5.74, 6) is -1.08. The van der Waals surface area contributed by atoms with Crippen molar-refractivity contribution >= 4 is 17.8 Å². The topological polar surface area (TPSA) is 84.5 Å². The zero-order valence-corrected chi connectivity index (χ0v) is 11.7. The second-order valence-corrected chi connectivity index (χ2v) is 4.16. The monoisotopic (exact) mass is 278 g/mol. The van der Waals surface area contributed by atoms with Crippen LogP contribution >= 0.6 is 0 Å². The number of likely N-dealkylation sites (N-methyl/N-ethyl adjacent to an activating group) is 1. The number of hydrogen-bond acceptors (Lipinski definition) is 4. The van der Waals surface area contributed by atoms with Crippen molar-refractivity contribution in [1.82, 2.24) is 10.6 Å². The fourth-order valence-corrected chi connectivity index (χ4v) is 1.55. The molecule has 1 atom stereocenters. The second-order valence-electron chi connectivity index (χ2n) is 4.16. The number of nitrogens with one attached hydrogen (secondary N) is 2. The summed E-state index contributed by atoms with van der Waals surface area (Å²) in [6.07, 6.45) is 0. The van der Waals surface area contributed by atoms with Crippen molar-refractivity contribution < 1.29 is 19.1 Å². The lowest BCUT2D eigenvalue weighted by molar-refractivity contribution is -0.122. The minimum Gasteiger partial charge on any atom is -0.465 e. The Morgan fingerprint density at radius 2 is 1.70 bits per heavy atom. The van der Waals surface area contributed by atoms with Crippen molar-refractivity contribution in [2.75, 3.05) is 13.7 Å². The molecule has 1 aromatic rings. The van der Waals surface area contributed by atoms with Crippen molar-refractivity contribution in [3.05, 3.63) is 35.4 Å². The average Bonchev–Trinajstić information content (AvgIpc) is 2.46. The molecule has 0 bridgehead atoms. The summed E-state index contributed by atoms with van der Waals surface area (Å²) in [5, 5.41) is 5.20. The summed E-state index contributed by atoms with van der Waals surface area (Å²) in [6.45, 7) is 3.91. The molecule has 108 valence electrons. The highest BCUT2D eigenvalue weighted by atomic mass is 16.5. The summed E-state index contributed by atoms with van der Waals surface area (Å²) >= 11 is 0. The number of hydrogen-bond donors (Lipinski definition) is 2. The molecular weight excluding hydrogens is 260 g/mol. The summed E-state index contributed by atoms with van der Waals surface area (Å²) in [5.41, 5.74) is 0.731. The van der Waals surface area contributed by atoms with E-state index in [2.05, 4.69) is 15.4 Å². The Labute approximate surface area is 117 Å². The number of amides is 2. The molecule has 2 N–H and O–H groups in total. The van der Waals surface area contributed by atoms with Crippen LogP contribution in [-0.2, 0) is 9.53 Å². The highest BCUT2D eigenvalue weighted by Gasteiger charge is 2.16. The van der Waals surface area contributed by atoms with E-state index in [1.807, 2.05) is 0 Å². The lowest BCUT2D eigenvalue weighted by Crippen LogP contribution is -2.44. The number of methoxy groups -OCH3 is 1. The van der Waals surface area contributed by atoms with Gasteiger partial charge < -0.3 is 15.4 Å². The second kappa shape index (κ2) is 7.28. The highest BCUT2D eigenvalue weighted by Crippen LogP contribution is 2.06. The van der Waals surface area contributed by atoms with Crippen LogP contribution in [0, 0.1) is 0 Å². The molecule has 0 saturated heterocycles. The van der Waals surface area contributed by atoms with Gasteiger partial charge in [0.2, 0.25) is 5.91 Å². The smallest absolute Gasteiger partial charge is 0.337 e. The first-order chi connectivity index (χ1) is 9.49. The molecule has 0 aliphatic carbocycles. The van der Waals surface area contributed by atoms with Crippen molar-refractivity contribution in [3.63, 3.8) is 0 Å². The number of ether oxygens (including phenoxy) is 1. The van der Waals surface area contributed by atoms with Crippen LogP contribution in [0.15, 0.2) is 24.3 Å². The van der Waals surface area contributed by atoms with Crippen molar-refractivity contribution in [2.45, 2.75) is 19.9 Å². The molecule has 0 aromatic heterocycles. The molecule has 0 spiro atoms. The van der Waals surface area contributed by atoms with Crippen LogP contribution in [0.3, 0.4) is 0 Å². The van der Waals surface area contributed by atoms with Crippen LogP contribution in [0.1, 0.15) is 34.6 Å². The molecule has 20 heavy (non-hydrogen) atoms. The fraction of sp³-hybridized carbons (Fsp3) is 0.357. The van der Waals surface area contributed by atoms with Gasteiger partial charge in [-0.05, 0) is 38.1 Å². The van der Waals surface area contributed by atoms with Gasteiger partial charge in [0.15, 0.2) is 0 Å². The zero-order chi connectivity index (χ0) is 15.1. The molecule has 0 saturated carbocycles. The lowest BCUT2D eigenvalue weighted by Gasteiger charge is -2.13. The van der Waals surface area contributed by atoms with Crippen molar-refractivity contribution in [2.24, 2.45) is 0 Å². The number of rotatable bonds is 5. The van der Waals surface area contributed by atoms with Gasteiger partial charge in [-0.15, -0.1) is 0 Å². The number of carbonyl (C=O) groups excluding carboxylic acids is 3. The van der Waals surface area contributed by atoms with E-state index >= 15 is 0 Å². The molecular formula is C14H18N2O4. The standard InChI is InChI=1S/C14H18N2O4/c1-4-15-12(17)9(2)16-13(18)10-5-7-11(8-6-10)14(19)20-3/h5-9H,4H2,1-3H3,(H,15,17)(H,16,18). The SMILES string of the molecule is CCNC(=O)C(C)NC(=O)c1ccc(C(=O)OC)cc1. The third-order valence-electron chi connectivity index (χ3n) is 2.66. The molecule has 0 heterocycles. The van der Waals surface area contributed by atoms with Gasteiger partial charge in [0, 0.05) is 12.1 Å². The Balaban J connectivity index is 2.68. The van der Waals surface area contributed by atoms with E-state index in [4.69, 9.17) is 0 Å². The number of carbonyl (C=O) groups is 3. The Morgan fingerprint density at radius 3 is 2.20 bits per heavy atom. The Bertz CT molecular complexity index is 496. The quantitative estimate of drug-likeness (QED) is 0.778. The maximum absolute atomic E-state index is 11.9. The summed E-state index contributed by atoms with van der Waals surface area (Å²) in [7, 11) is 1.29. The molecule has 1 rings (SSSR count). The van der Waals surface area contributed by atoms with Gasteiger partial charge in [-0.2, -0.15) is 0 Å². The van der Waals surface area contributed by atoms with Gasteiger partial charge in [-0.3, -0.25) is 9.59 Å². The number of benzene rings is 1. The molecule has 1 aromatic carbocycles. The predicted molar refractivity (Wildman–Crippen MR) is 73.4 cm³/mol. The molecule has 0 aliphatic rings. The minimum absolute atomic E-state index is 0.243. The summed E-state index contributed by atoms with van der Waals surface area (Å²) in [4.78, 5) is 34.7. The van der Waals surface area contributed by atoms with E-state index in [1.54, 1.807) is 13.8 Å². The Kier molecular flexibility index (Phi) is 5.71. The Morgan fingerprint density at radius 1 is 1.15 bits per heavy atom. The van der Waals surface area contributed by atoms with Gasteiger partial charge in [-0.25, -0.2) is 4.79 Å². The van der Waals surface area contributed by atoms with Crippen LogP contribution in [0.4, 0.5) is 0 Å². The van der Waals surface area contributed by atoms with Gasteiger partial charge in [0.25, 0.3) is 5.91 Å². The first-order valence-corrected chi connectivity index (χ1v) is 6.26. The van der Waals surface area contributed by atoms with Gasteiger partial charge >= 0.3 is 5.97 Å². The molecule has 1 unspecified atom stereocenters. The molecule has 0 aliphatic heterocycles. The molecule has 6 heteroatoms. The molecule has 6 nitrogen and oxygen atoms in total. The highest BCUT2D eigenvalue weighted by molar-refractivity contribution is 5.98. The molecule has 0 radical (unpaired) electrons. The van der Waals surface area contributed by atoms with E-state index in [9.17, 15) is 14.4 Å². The van der Waals surface area contributed by atoms with E-state index < -0.39 is 12.0 Å². The third-order valence-corrected chi connectivity index (χ3v) is 2.66.